The van der Waals surface area contributed by atoms with Gasteiger partial charge in [0, 0.05) is 19.0 Å². The summed E-state index contributed by atoms with van der Waals surface area (Å²) in [5.74, 6) is 0.199. The molecule has 0 aliphatic carbocycles. The van der Waals surface area contributed by atoms with Gasteiger partial charge in [0.25, 0.3) is 0 Å². The van der Waals surface area contributed by atoms with Gasteiger partial charge in [-0.2, -0.15) is 0 Å². The number of oxime groups is 1. The predicted molar refractivity (Wildman–Crippen MR) is 61.0 cm³/mol. The standard InChI is InChI=1S/C10H23N3O2/c1-4-5-10(3,14)7-12-8(2)6-9(11)13-15/h8,12,14-15H,4-7H2,1-3H3,(H2,11,13). The molecular formula is C10H23N3O2. The maximum atomic E-state index is 9.88. The molecule has 0 aromatic heterocycles. The molecular weight excluding hydrogens is 194 g/mol. The van der Waals surface area contributed by atoms with Crippen LogP contribution in [0.2, 0.25) is 0 Å². The van der Waals surface area contributed by atoms with Crippen LogP contribution in [-0.2, 0) is 0 Å². The molecule has 5 nitrogen and oxygen atoms in total. The molecule has 0 saturated heterocycles. The molecule has 5 heteroatoms. The Kier molecular flexibility index (Phi) is 6.27. The van der Waals surface area contributed by atoms with E-state index in [1.807, 2.05) is 13.8 Å². The van der Waals surface area contributed by atoms with Crippen LogP contribution in [0.5, 0.6) is 0 Å². The van der Waals surface area contributed by atoms with Crippen molar-refractivity contribution in [2.24, 2.45) is 10.9 Å². The van der Waals surface area contributed by atoms with Gasteiger partial charge < -0.3 is 21.4 Å². The zero-order chi connectivity index (χ0) is 11.9. The Morgan fingerprint density at radius 3 is 2.67 bits per heavy atom. The first-order valence-corrected chi connectivity index (χ1v) is 5.33. The van der Waals surface area contributed by atoms with Gasteiger partial charge in [0.05, 0.1) is 5.60 Å². The number of nitrogens with two attached hydrogens (primary N) is 1. The summed E-state index contributed by atoms with van der Waals surface area (Å²) in [6.07, 6.45) is 2.18. The Morgan fingerprint density at radius 2 is 2.20 bits per heavy atom. The second-order valence-corrected chi connectivity index (χ2v) is 4.32. The van der Waals surface area contributed by atoms with Crippen molar-refractivity contribution in [1.29, 1.82) is 0 Å². The lowest BCUT2D eigenvalue weighted by atomic mass is 10.0. The fourth-order valence-corrected chi connectivity index (χ4v) is 1.45. The maximum absolute atomic E-state index is 9.88. The van der Waals surface area contributed by atoms with Crippen molar-refractivity contribution in [1.82, 2.24) is 5.32 Å². The highest BCUT2D eigenvalue weighted by atomic mass is 16.4. The number of hydrogen-bond donors (Lipinski definition) is 4. The number of nitrogens with one attached hydrogen (secondary N) is 1. The Balaban J connectivity index is 3.84. The van der Waals surface area contributed by atoms with E-state index in [4.69, 9.17) is 10.9 Å². The van der Waals surface area contributed by atoms with E-state index in [-0.39, 0.29) is 11.9 Å². The smallest absolute Gasteiger partial charge is 0.140 e. The van der Waals surface area contributed by atoms with Crippen LogP contribution in [-0.4, -0.2) is 34.3 Å². The van der Waals surface area contributed by atoms with Gasteiger partial charge in [0.1, 0.15) is 5.84 Å². The molecule has 0 bridgehead atoms. The number of nitrogens with zero attached hydrogens (tertiary/aromatic N) is 1. The number of amidine groups is 1. The second kappa shape index (κ2) is 6.63. The van der Waals surface area contributed by atoms with Gasteiger partial charge in [-0.05, 0) is 20.3 Å². The van der Waals surface area contributed by atoms with E-state index in [1.165, 1.54) is 0 Å². The highest BCUT2D eigenvalue weighted by molar-refractivity contribution is 5.80. The van der Waals surface area contributed by atoms with Gasteiger partial charge >= 0.3 is 0 Å². The van der Waals surface area contributed by atoms with E-state index >= 15 is 0 Å². The Bertz CT molecular complexity index is 205. The molecule has 0 radical (unpaired) electrons. The molecule has 15 heavy (non-hydrogen) atoms. The summed E-state index contributed by atoms with van der Waals surface area (Å²) in [4.78, 5) is 0. The average Bonchev–Trinajstić information content (AvgIpc) is 2.15. The third kappa shape index (κ3) is 7.16. The molecule has 0 aromatic carbocycles. The summed E-state index contributed by atoms with van der Waals surface area (Å²) in [5.41, 5.74) is 4.68. The Labute approximate surface area is 91.4 Å². The van der Waals surface area contributed by atoms with Crippen molar-refractivity contribution in [3.8, 4) is 0 Å². The normalized spacial score (nSPS) is 18.5. The summed E-state index contributed by atoms with van der Waals surface area (Å²) in [6, 6.07) is 0.0873. The van der Waals surface area contributed by atoms with Gasteiger partial charge in [-0.3, -0.25) is 0 Å². The quantitative estimate of drug-likeness (QED) is 0.218. The predicted octanol–water partition coefficient (Wildman–Crippen LogP) is 0.652. The first kappa shape index (κ1) is 14.2. The molecule has 0 aliphatic heterocycles. The average molecular weight is 217 g/mol. The SMILES string of the molecule is CCCC(C)(O)CNC(C)CC(N)=NO. The molecule has 0 heterocycles. The second-order valence-electron chi connectivity index (χ2n) is 4.32. The van der Waals surface area contributed by atoms with Crippen LogP contribution in [0, 0.1) is 0 Å². The number of aliphatic hydroxyl groups is 1. The van der Waals surface area contributed by atoms with Crippen LogP contribution < -0.4 is 11.1 Å². The van der Waals surface area contributed by atoms with Crippen LogP contribution in [0.25, 0.3) is 0 Å². The molecule has 0 saturated carbocycles. The molecule has 0 aromatic rings. The van der Waals surface area contributed by atoms with E-state index in [0.717, 1.165) is 12.8 Å². The largest absolute Gasteiger partial charge is 0.409 e. The van der Waals surface area contributed by atoms with Gasteiger partial charge in [0.2, 0.25) is 0 Å². The zero-order valence-electron chi connectivity index (χ0n) is 9.82. The molecule has 0 fully saturated rings. The monoisotopic (exact) mass is 217 g/mol. The first-order chi connectivity index (χ1) is 6.91. The molecule has 0 spiro atoms. The Hall–Kier alpha value is -0.810. The topological polar surface area (TPSA) is 90.9 Å². The van der Waals surface area contributed by atoms with E-state index in [2.05, 4.69) is 10.5 Å². The van der Waals surface area contributed by atoms with Crippen molar-refractivity contribution in [3.05, 3.63) is 0 Å². The lowest BCUT2D eigenvalue weighted by Crippen LogP contribution is -2.42. The third-order valence-electron chi connectivity index (χ3n) is 2.26. The molecule has 90 valence electrons. The summed E-state index contributed by atoms with van der Waals surface area (Å²) < 4.78 is 0. The lowest BCUT2D eigenvalue weighted by Gasteiger charge is -2.25. The van der Waals surface area contributed by atoms with E-state index in [0.29, 0.717) is 13.0 Å². The van der Waals surface area contributed by atoms with Gasteiger partial charge in [-0.1, -0.05) is 18.5 Å². The minimum atomic E-state index is -0.686. The van der Waals surface area contributed by atoms with Gasteiger partial charge in [-0.15, -0.1) is 0 Å². The first-order valence-electron chi connectivity index (χ1n) is 5.33. The van der Waals surface area contributed by atoms with Crippen molar-refractivity contribution in [2.45, 2.75) is 51.7 Å². The van der Waals surface area contributed by atoms with Crippen LogP contribution in [0.15, 0.2) is 5.16 Å². The summed E-state index contributed by atoms with van der Waals surface area (Å²) in [6.45, 7) is 6.29. The highest BCUT2D eigenvalue weighted by Crippen LogP contribution is 2.10. The van der Waals surface area contributed by atoms with Crippen LogP contribution in [0.4, 0.5) is 0 Å². The van der Waals surface area contributed by atoms with Gasteiger partial charge in [0.15, 0.2) is 0 Å². The van der Waals surface area contributed by atoms with Crippen molar-refractivity contribution < 1.29 is 10.3 Å². The van der Waals surface area contributed by atoms with E-state index < -0.39 is 5.60 Å². The Morgan fingerprint density at radius 1 is 1.60 bits per heavy atom. The summed E-state index contributed by atoms with van der Waals surface area (Å²) >= 11 is 0. The molecule has 0 aliphatic rings. The van der Waals surface area contributed by atoms with Crippen molar-refractivity contribution in [3.63, 3.8) is 0 Å². The van der Waals surface area contributed by atoms with Crippen LogP contribution in [0.3, 0.4) is 0 Å². The lowest BCUT2D eigenvalue weighted by molar-refractivity contribution is 0.0478. The van der Waals surface area contributed by atoms with Crippen LogP contribution in [0.1, 0.15) is 40.0 Å². The number of rotatable bonds is 7. The summed E-state index contributed by atoms with van der Waals surface area (Å²) in [7, 11) is 0. The number of hydrogen-bond acceptors (Lipinski definition) is 4. The van der Waals surface area contributed by atoms with Crippen molar-refractivity contribution >= 4 is 5.84 Å². The fraction of sp³-hybridized carbons (Fsp3) is 0.900. The third-order valence-corrected chi connectivity index (χ3v) is 2.26. The molecule has 0 rings (SSSR count). The molecule has 5 N–H and O–H groups in total. The highest BCUT2D eigenvalue weighted by Gasteiger charge is 2.19. The maximum Gasteiger partial charge on any atom is 0.140 e. The fourth-order valence-electron chi connectivity index (χ4n) is 1.45. The minimum absolute atomic E-state index is 0.0873. The van der Waals surface area contributed by atoms with Gasteiger partial charge in [-0.25, -0.2) is 0 Å². The van der Waals surface area contributed by atoms with E-state index in [1.54, 1.807) is 6.92 Å². The molecule has 0 amide bonds. The summed E-state index contributed by atoms with van der Waals surface area (Å²) in [5, 5.41) is 24.3. The minimum Gasteiger partial charge on any atom is -0.409 e. The van der Waals surface area contributed by atoms with Crippen LogP contribution >= 0.6 is 0 Å². The molecule has 2 atom stereocenters. The van der Waals surface area contributed by atoms with E-state index in [9.17, 15) is 5.11 Å². The van der Waals surface area contributed by atoms with Crippen molar-refractivity contribution in [2.75, 3.05) is 6.54 Å². The zero-order valence-corrected chi connectivity index (χ0v) is 9.82. The molecule has 2 unspecified atom stereocenters.